The summed E-state index contributed by atoms with van der Waals surface area (Å²) in [5, 5.41) is 10.2. The zero-order chi connectivity index (χ0) is 19.7. The standard InChI is InChI=1S/C25H22N2O/c1-17-18(2)27-24-22(23(17)21-10-6-9-20(13-21)15-28)11-12-25(24,16-26)14-19-7-4-3-5-8-19/h3-10,13,15H,11-12,14H2,1-2H3. The number of nitriles is 1. The number of hydrogen-bond acceptors (Lipinski definition) is 3. The first-order valence-electron chi connectivity index (χ1n) is 9.59. The summed E-state index contributed by atoms with van der Waals surface area (Å²) in [6, 6.07) is 20.5. The van der Waals surface area contributed by atoms with Gasteiger partial charge in [0.05, 0.1) is 11.8 Å². The molecule has 0 saturated heterocycles. The zero-order valence-electron chi connectivity index (χ0n) is 16.2. The van der Waals surface area contributed by atoms with Crippen LogP contribution in [0.25, 0.3) is 11.1 Å². The molecule has 0 radical (unpaired) electrons. The number of rotatable bonds is 4. The summed E-state index contributed by atoms with van der Waals surface area (Å²) in [6.07, 6.45) is 3.14. The number of benzene rings is 2. The van der Waals surface area contributed by atoms with E-state index in [0.717, 1.165) is 58.3 Å². The number of carbonyl (C=O) groups excluding carboxylic acids is 1. The largest absolute Gasteiger partial charge is 0.298 e. The lowest BCUT2D eigenvalue weighted by Gasteiger charge is -2.23. The number of pyridine rings is 1. The van der Waals surface area contributed by atoms with Crippen LogP contribution in [0.5, 0.6) is 0 Å². The molecule has 0 spiro atoms. The lowest BCUT2D eigenvalue weighted by molar-refractivity contribution is 0.112. The Morgan fingerprint density at radius 1 is 1.14 bits per heavy atom. The fourth-order valence-electron chi connectivity index (χ4n) is 4.36. The van der Waals surface area contributed by atoms with Crippen LogP contribution >= 0.6 is 0 Å². The predicted molar refractivity (Wildman–Crippen MR) is 110 cm³/mol. The van der Waals surface area contributed by atoms with E-state index in [1.807, 2.05) is 49.4 Å². The minimum Gasteiger partial charge on any atom is -0.298 e. The van der Waals surface area contributed by atoms with Gasteiger partial charge in [-0.15, -0.1) is 0 Å². The molecule has 3 nitrogen and oxygen atoms in total. The number of aryl methyl sites for hydroxylation is 1. The number of carbonyl (C=O) groups is 1. The third-order valence-corrected chi connectivity index (χ3v) is 5.91. The molecule has 1 aliphatic rings. The molecule has 28 heavy (non-hydrogen) atoms. The Kier molecular flexibility index (Phi) is 4.57. The van der Waals surface area contributed by atoms with Crippen LogP contribution in [0.4, 0.5) is 0 Å². The molecule has 0 bridgehead atoms. The first kappa shape index (κ1) is 18.1. The van der Waals surface area contributed by atoms with E-state index in [-0.39, 0.29) is 0 Å². The molecule has 1 atom stereocenters. The highest BCUT2D eigenvalue weighted by Crippen LogP contribution is 2.45. The van der Waals surface area contributed by atoms with Crippen molar-refractivity contribution in [2.24, 2.45) is 0 Å². The molecule has 138 valence electrons. The second kappa shape index (κ2) is 7.05. The van der Waals surface area contributed by atoms with Crippen LogP contribution in [0, 0.1) is 25.2 Å². The summed E-state index contributed by atoms with van der Waals surface area (Å²) >= 11 is 0. The number of fused-ring (bicyclic) bond motifs is 1. The van der Waals surface area contributed by atoms with E-state index in [2.05, 4.69) is 25.1 Å². The van der Waals surface area contributed by atoms with Crippen molar-refractivity contribution in [3.8, 4) is 17.2 Å². The molecule has 0 N–H and O–H groups in total. The van der Waals surface area contributed by atoms with Crippen molar-refractivity contribution in [3.63, 3.8) is 0 Å². The van der Waals surface area contributed by atoms with Gasteiger partial charge in [0.2, 0.25) is 0 Å². The van der Waals surface area contributed by atoms with Crippen molar-refractivity contribution in [2.75, 3.05) is 0 Å². The van der Waals surface area contributed by atoms with Gasteiger partial charge in [0.25, 0.3) is 0 Å². The van der Waals surface area contributed by atoms with E-state index in [0.29, 0.717) is 12.0 Å². The molecule has 3 heteroatoms. The van der Waals surface area contributed by atoms with Crippen molar-refractivity contribution >= 4 is 6.29 Å². The molecule has 1 aliphatic carbocycles. The quantitative estimate of drug-likeness (QED) is 0.602. The average molecular weight is 366 g/mol. The van der Waals surface area contributed by atoms with Gasteiger partial charge >= 0.3 is 0 Å². The molecule has 0 fully saturated rings. The third-order valence-electron chi connectivity index (χ3n) is 5.91. The Morgan fingerprint density at radius 3 is 2.64 bits per heavy atom. The number of aromatic nitrogens is 1. The SMILES string of the molecule is Cc1nc2c(c(-c3cccc(C=O)c3)c1C)CCC2(C#N)Cc1ccccc1. The van der Waals surface area contributed by atoms with Crippen molar-refractivity contribution in [1.82, 2.24) is 4.98 Å². The summed E-state index contributed by atoms with van der Waals surface area (Å²) in [7, 11) is 0. The molecule has 1 aromatic heterocycles. The van der Waals surface area contributed by atoms with E-state index in [9.17, 15) is 10.1 Å². The molecule has 1 heterocycles. The van der Waals surface area contributed by atoms with Crippen molar-refractivity contribution < 1.29 is 4.79 Å². The van der Waals surface area contributed by atoms with Crippen LogP contribution in [0.1, 0.15) is 44.9 Å². The van der Waals surface area contributed by atoms with Gasteiger partial charge in [0.1, 0.15) is 11.7 Å². The van der Waals surface area contributed by atoms with Crippen LogP contribution in [0.3, 0.4) is 0 Å². The minimum absolute atomic E-state index is 0.605. The first-order valence-corrected chi connectivity index (χ1v) is 9.59. The molecule has 4 rings (SSSR count). The lowest BCUT2D eigenvalue weighted by atomic mass is 9.80. The molecular formula is C25H22N2O. The summed E-state index contributed by atoms with van der Waals surface area (Å²) in [4.78, 5) is 16.2. The van der Waals surface area contributed by atoms with Gasteiger partial charge in [-0.25, -0.2) is 0 Å². The highest BCUT2D eigenvalue weighted by Gasteiger charge is 2.42. The van der Waals surface area contributed by atoms with Gasteiger partial charge in [-0.3, -0.25) is 9.78 Å². The molecule has 0 saturated carbocycles. The van der Waals surface area contributed by atoms with Gasteiger partial charge in [0, 0.05) is 11.3 Å². The van der Waals surface area contributed by atoms with E-state index in [1.165, 1.54) is 0 Å². The normalized spacial score (nSPS) is 17.8. The van der Waals surface area contributed by atoms with Crippen molar-refractivity contribution in [3.05, 3.63) is 88.2 Å². The van der Waals surface area contributed by atoms with Gasteiger partial charge in [-0.1, -0.05) is 48.5 Å². The third kappa shape index (κ3) is 2.92. The van der Waals surface area contributed by atoms with Crippen molar-refractivity contribution in [1.29, 1.82) is 5.26 Å². The lowest BCUT2D eigenvalue weighted by Crippen LogP contribution is -2.25. The monoisotopic (exact) mass is 366 g/mol. The topological polar surface area (TPSA) is 53.8 Å². The summed E-state index contributed by atoms with van der Waals surface area (Å²) in [6.45, 7) is 4.08. The maximum absolute atomic E-state index is 11.3. The van der Waals surface area contributed by atoms with Crippen LogP contribution in [-0.2, 0) is 18.3 Å². The Balaban J connectivity index is 1.90. The molecular weight excluding hydrogens is 344 g/mol. The van der Waals surface area contributed by atoms with Gasteiger partial charge in [-0.2, -0.15) is 5.26 Å². The summed E-state index contributed by atoms with van der Waals surface area (Å²) in [5.41, 5.74) is 7.50. The fourth-order valence-corrected chi connectivity index (χ4v) is 4.36. The minimum atomic E-state index is -0.605. The van der Waals surface area contributed by atoms with Crippen LogP contribution in [0.2, 0.25) is 0 Å². The van der Waals surface area contributed by atoms with E-state index in [1.54, 1.807) is 0 Å². The zero-order valence-corrected chi connectivity index (χ0v) is 16.2. The maximum Gasteiger partial charge on any atom is 0.150 e. The van der Waals surface area contributed by atoms with E-state index >= 15 is 0 Å². The second-order valence-corrected chi connectivity index (χ2v) is 7.62. The van der Waals surface area contributed by atoms with Crippen molar-refractivity contribution in [2.45, 2.75) is 38.5 Å². The summed E-state index contributed by atoms with van der Waals surface area (Å²) in [5.74, 6) is 0. The Morgan fingerprint density at radius 2 is 1.93 bits per heavy atom. The van der Waals surface area contributed by atoms with E-state index < -0.39 is 5.41 Å². The molecule has 2 aromatic carbocycles. The molecule has 0 aliphatic heterocycles. The van der Waals surface area contributed by atoms with Crippen LogP contribution < -0.4 is 0 Å². The van der Waals surface area contributed by atoms with E-state index in [4.69, 9.17) is 4.98 Å². The van der Waals surface area contributed by atoms with Gasteiger partial charge < -0.3 is 0 Å². The second-order valence-electron chi connectivity index (χ2n) is 7.62. The Hall–Kier alpha value is -3.25. The first-order chi connectivity index (χ1) is 13.6. The number of aldehydes is 1. The van der Waals surface area contributed by atoms with Gasteiger partial charge in [0.15, 0.2) is 0 Å². The number of hydrogen-bond donors (Lipinski definition) is 0. The Labute approximate surface area is 165 Å². The highest BCUT2D eigenvalue weighted by atomic mass is 16.1. The fraction of sp³-hybridized carbons (Fsp3) is 0.240. The number of nitrogens with zero attached hydrogens (tertiary/aromatic N) is 2. The molecule has 1 unspecified atom stereocenters. The maximum atomic E-state index is 11.3. The smallest absolute Gasteiger partial charge is 0.150 e. The predicted octanol–water partition coefficient (Wildman–Crippen LogP) is 5.13. The van der Waals surface area contributed by atoms with Gasteiger partial charge in [-0.05, 0) is 67.0 Å². The van der Waals surface area contributed by atoms with Crippen LogP contribution in [0.15, 0.2) is 54.6 Å². The summed E-state index contributed by atoms with van der Waals surface area (Å²) < 4.78 is 0. The Bertz CT molecular complexity index is 1100. The highest BCUT2D eigenvalue weighted by molar-refractivity contribution is 5.81. The average Bonchev–Trinajstić information content (AvgIpc) is 3.07. The molecule has 0 amide bonds. The van der Waals surface area contributed by atoms with Crippen LogP contribution in [-0.4, -0.2) is 11.3 Å². The molecule has 3 aromatic rings.